The predicted molar refractivity (Wildman–Crippen MR) is 92.7 cm³/mol. The van der Waals surface area contributed by atoms with Crippen molar-refractivity contribution in [3.05, 3.63) is 51.6 Å². The highest BCUT2D eigenvalue weighted by Gasteiger charge is 2.12. The van der Waals surface area contributed by atoms with E-state index in [4.69, 9.17) is 11.0 Å². The Bertz CT molecular complexity index is 765. The molecule has 0 saturated carbocycles. The molecule has 0 bridgehead atoms. The van der Waals surface area contributed by atoms with E-state index in [9.17, 15) is 4.79 Å². The number of nitrogens with one attached hydrogen (secondary N) is 1. The van der Waals surface area contributed by atoms with Gasteiger partial charge in [0.15, 0.2) is 0 Å². The summed E-state index contributed by atoms with van der Waals surface area (Å²) in [6.07, 6.45) is 1.13. The maximum atomic E-state index is 12.1. The normalized spacial score (nSPS) is 11.5. The second-order valence-corrected chi connectivity index (χ2v) is 6.01. The number of carbonyl (C=O) groups is 1. The smallest absolute Gasteiger partial charge is 0.231 e. The van der Waals surface area contributed by atoms with Gasteiger partial charge in [-0.2, -0.15) is 5.26 Å². The summed E-state index contributed by atoms with van der Waals surface area (Å²) in [5.74, 6) is -0.137. The zero-order chi connectivity index (χ0) is 16.8. The first kappa shape index (κ1) is 16.7. The number of benzene rings is 1. The minimum atomic E-state index is -0.137. The summed E-state index contributed by atoms with van der Waals surface area (Å²) < 4.78 is 0. The van der Waals surface area contributed by atoms with E-state index in [1.807, 2.05) is 30.3 Å². The maximum Gasteiger partial charge on any atom is 0.231 e. The monoisotopic (exact) mass is 326 g/mol. The molecule has 5 nitrogen and oxygen atoms in total. The third-order valence-corrected chi connectivity index (χ3v) is 4.12. The first-order chi connectivity index (χ1) is 11.0. The van der Waals surface area contributed by atoms with E-state index in [0.29, 0.717) is 22.0 Å². The van der Waals surface area contributed by atoms with Crippen molar-refractivity contribution in [2.75, 3.05) is 5.32 Å². The molecule has 1 heterocycles. The van der Waals surface area contributed by atoms with Crippen LogP contribution in [0.1, 0.15) is 30.1 Å². The average molecular weight is 326 g/mol. The molecule has 0 unspecified atom stereocenters. The first-order valence-electron chi connectivity index (χ1n) is 7.23. The lowest BCUT2D eigenvalue weighted by molar-refractivity contribution is -0.115. The molecule has 0 spiro atoms. The van der Waals surface area contributed by atoms with Crippen LogP contribution in [-0.4, -0.2) is 10.9 Å². The minimum Gasteiger partial charge on any atom is -0.401 e. The molecule has 0 aliphatic rings. The maximum absolute atomic E-state index is 12.1. The Morgan fingerprint density at radius 3 is 2.65 bits per heavy atom. The Morgan fingerprint density at radius 1 is 1.39 bits per heavy atom. The topological polar surface area (TPSA) is 91.8 Å². The molecule has 2 rings (SSSR count). The van der Waals surface area contributed by atoms with Gasteiger partial charge in [0.05, 0.1) is 17.7 Å². The number of amides is 1. The number of rotatable bonds is 5. The number of hydrogen-bond donors (Lipinski definition) is 2. The molecule has 23 heavy (non-hydrogen) atoms. The molecule has 1 aromatic carbocycles. The Labute approximate surface area is 139 Å². The van der Waals surface area contributed by atoms with Gasteiger partial charge in [0.1, 0.15) is 11.1 Å². The van der Waals surface area contributed by atoms with Crippen molar-refractivity contribution < 1.29 is 4.79 Å². The van der Waals surface area contributed by atoms with Gasteiger partial charge in [-0.3, -0.25) is 4.79 Å². The van der Waals surface area contributed by atoms with Crippen LogP contribution < -0.4 is 11.1 Å². The SMILES string of the molecule is CCc1ccc(NC(=O)Cc2nc(/C(C#N)=C(\C)N)cs2)cc1. The van der Waals surface area contributed by atoms with Crippen molar-refractivity contribution in [1.29, 1.82) is 5.26 Å². The Hall–Kier alpha value is -2.65. The van der Waals surface area contributed by atoms with Crippen LogP contribution in [0.2, 0.25) is 0 Å². The molecular weight excluding hydrogens is 308 g/mol. The summed E-state index contributed by atoms with van der Waals surface area (Å²) in [5.41, 5.74) is 8.94. The third-order valence-electron chi connectivity index (χ3n) is 3.27. The number of nitrogens with zero attached hydrogens (tertiary/aromatic N) is 2. The lowest BCUT2D eigenvalue weighted by atomic mass is 10.1. The number of aromatic nitrogens is 1. The Balaban J connectivity index is 2.02. The summed E-state index contributed by atoms with van der Waals surface area (Å²) in [4.78, 5) is 16.4. The lowest BCUT2D eigenvalue weighted by Gasteiger charge is -2.04. The van der Waals surface area contributed by atoms with Crippen LogP contribution in [0.25, 0.3) is 5.57 Å². The highest BCUT2D eigenvalue weighted by molar-refractivity contribution is 7.09. The van der Waals surface area contributed by atoms with Crippen molar-refractivity contribution >= 4 is 28.5 Å². The molecule has 1 amide bonds. The lowest BCUT2D eigenvalue weighted by Crippen LogP contribution is -2.14. The fraction of sp³-hybridized carbons (Fsp3) is 0.235. The van der Waals surface area contributed by atoms with Crippen molar-refractivity contribution in [2.24, 2.45) is 5.73 Å². The molecule has 0 aliphatic carbocycles. The highest BCUT2D eigenvalue weighted by Crippen LogP contribution is 2.20. The first-order valence-corrected chi connectivity index (χ1v) is 8.11. The molecule has 0 saturated heterocycles. The summed E-state index contributed by atoms with van der Waals surface area (Å²) in [6.45, 7) is 3.74. The van der Waals surface area contributed by atoms with Crippen LogP contribution in [0, 0.1) is 11.3 Å². The van der Waals surface area contributed by atoms with Crippen LogP contribution in [-0.2, 0) is 17.6 Å². The summed E-state index contributed by atoms with van der Waals surface area (Å²) >= 11 is 1.34. The predicted octanol–water partition coefficient (Wildman–Crippen LogP) is 3.10. The molecule has 0 aliphatic heterocycles. The van der Waals surface area contributed by atoms with Crippen molar-refractivity contribution in [2.45, 2.75) is 26.7 Å². The molecule has 3 N–H and O–H groups in total. The Morgan fingerprint density at radius 2 is 2.09 bits per heavy atom. The third kappa shape index (κ3) is 4.41. The number of thiazole rings is 1. The Kier molecular flexibility index (Phi) is 5.50. The number of nitrogens with two attached hydrogens (primary N) is 1. The fourth-order valence-electron chi connectivity index (χ4n) is 2.02. The summed E-state index contributed by atoms with van der Waals surface area (Å²) in [6, 6.07) is 9.79. The number of anilines is 1. The molecular formula is C17H18N4OS. The van der Waals surface area contributed by atoms with Crippen molar-refractivity contribution in [3.63, 3.8) is 0 Å². The minimum absolute atomic E-state index is 0.137. The molecule has 2 aromatic rings. The van der Waals surface area contributed by atoms with Gasteiger partial charge in [0.25, 0.3) is 0 Å². The number of carbonyl (C=O) groups excluding carboxylic acids is 1. The number of aryl methyl sites for hydroxylation is 1. The van der Waals surface area contributed by atoms with Gasteiger partial charge in [-0.25, -0.2) is 4.98 Å². The van der Waals surface area contributed by atoms with Crippen LogP contribution in [0.15, 0.2) is 35.3 Å². The van der Waals surface area contributed by atoms with Gasteiger partial charge in [-0.15, -0.1) is 11.3 Å². The van der Waals surface area contributed by atoms with E-state index in [1.54, 1.807) is 12.3 Å². The molecule has 0 atom stereocenters. The van der Waals surface area contributed by atoms with E-state index < -0.39 is 0 Å². The van der Waals surface area contributed by atoms with Gasteiger partial charge >= 0.3 is 0 Å². The number of hydrogen-bond acceptors (Lipinski definition) is 5. The van der Waals surface area contributed by atoms with Gasteiger partial charge in [0, 0.05) is 16.8 Å². The quantitative estimate of drug-likeness (QED) is 0.826. The summed E-state index contributed by atoms with van der Waals surface area (Å²) in [5, 5.41) is 14.3. The van der Waals surface area contributed by atoms with Crippen LogP contribution in [0.4, 0.5) is 5.69 Å². The zero-order valence-corrected chi connectivity index (χ0v) is 13.9. The molecule has 118 valence electrons. The van der Waals surface area contributed by atoms with Gasteiger partial charge in [0.2, 0.25) is 5.91 Å². The van der Waals surface area contributed by atoms with E-state index in [2.05, 4.69) is 17.2 Å². The number of allylic oxidation sites excluding steroid dienone is 2. The van der Waals surface area contributed by atoms with Crippen LogP contribution in [0.5, 0.6) is 0 Å². The standard InChI is InChI=1S/C17H18N4OS/c1-3-12-4-6-13(7-5-12)20-16(22)8-17-21-15(10-23-17)14(9-18)11(2)19/h4-7,10H,3,8,19H2,1-2H3,(H,20,22)/b14-11+. The zero-order valence-electron chi connectivity index (χ0n) is 13.1. The second kappa shape index (κ2) is 7.56. The van der Waals surface area contributed by atoms with Gasteiger partial charge < -0.3 is 11.1 Å². The average Bonchev–Trinajstić information content (AvgIpc) is 2.96. The van der Waals surface area contributed by atoms with Gasteiger partial charge in [-0.1, -0.05) is 19.1 Å². The van der Waals surface area contributed by atoms with Crippen LogP contribution in [0.3, 0.4) is 0 Å². The van der Waals surface area contributed by atoms with Crippen LogP contribution >= 0.6 is 11.3 Å². The van der Waals surface area contributed by atoms with Crippen molar-refractivity contribution in [3.8, 4) is 6.07 Å². The highest BCUT2D eigenvalue weighted by atomic mass is 32.1. The largest absolute Gasteiger partial charge is 0.401 e. The molecule has 1 aromatic heterocycles. The van der Waals surface area contributed by atoms with Gasteiger partial charge in [-0.05, 0) is 31.0 Å². The van der Waals surface area contributed by atoms with E-state index in [1.165, 1.54) is 16.9 Å². The van der Waals surface area contributed by atoms with Crippen molar-refractivity contribution in [1.82, 2.24) is 4.98 Å². The molecule has 0 radical (unpaired) electrons. The van der Waals surface area contributed by atoms with E-state index in [0.717, 1.165) is 12.1 Å². The molecule has 0 fully saturated rings. The summed E-state index contributed by atoms with van der Waals surface area (Å²) in [7, 11) is 0. The van der Waals surface area contributed by atoms with E-state index in [-0.39, 0.29) is 12.3 Å². The fourth-order valence-corrected chi connectivity index (χ4v) is 2.80. The van der Waals surface area contributed by atoms with E-state index >= 15 is 0 Å². The molecule has 6 heteroatoms. The second-order valence-electron chi connectivity index (χ2n) is 5.07. The number of nitriles is 1.